The van der Waals surface area contributed by atoms with Gasteiger partial charge < -0.3 is 11.1 Å². The number of likely N-dealkylation sites (tertiary alicyclic amines) is 1. The van der Waals surface area contributed by atoms with Crippen LogP contribution in [0.2, 0.25) is 0 Å². The largest absolute Gasteiger partial charge is 0.329 e. The second kappa shape index (κ2) is 8.81. The van der Waals surface area contributed by atoms with E-state index in [9.17, 15) is 4.79 Å². The maximum absolute atomic E-state index is 12.1. The molecule has 2 rings (SSSR count). The molecule has 1 aliphatic heterocycles. The van der Waals surface area contributed by atoms with Crippen LogP contribution in [-0.2, 0) is 4.79 Å². The number of piperidine rings is 1. The summed E-state index contributed by atoms with van der Waals surface area (Å²) in [6.07, 6.45) is 3.48. The molecule has 0 bridgehead atoms. The maximum atomic E-state index is 12.1. The third-order valence-corrected chi connectivity index (χ3v) is 4.15. The molecule has 1 aliphatic rings. The highest BCUT2D eigenvalue weighted by atomic mass is 127. The number of nitrogens with two attached hydrogens (primary N) is 1. The van der Waals surface area contributed by atoms with Crippen LogP contribution < -0.4 is 11.1 Å². The molecule has 1 atom stereocenters. The van der Waals surface area contributed by atoms with E-state index in [0.29, 0.717) is 19.1 Å². The second-order valence-corrected chi connectivity index (χ2v) is 6.16. The molecule has 1 heterocycles. The van der Waals surface area contributed by atoms with Gasteiger partial charge in [-0.15, -0.1) is 12.4 Å². The number of carbonyl (C=O) groups excluding carboxylic acids is 1. The van der Waals surface area contributed by atoms with Gasteiger partial charge >= 0.3 is 0 Å². The van der Waals surface area contributed by atoms with Crippen LogP contribution in [0.4, 0.5) is 5.69 Å². The molecule has 1 aromatic rings. The van der Waals surface area contributed by atoms with Crippen molar-refractivity contribution in [3.05, 3.63) is 27.8 Å². The van der Waals surface area contributed by atoms with Gasteiger partial charge in [0.2, 0.25) is 5.91 Å². The van der Waals surface area contributed by atoms with Gasteiger partial charge in [0.05, 0.1) is 6.54 Å². The molecule has 0 aromatic heterocycles. The van der Waals surface area contributed by atoms with Crippen molar-refractivity contribution in [3.63, 3.8) is 0 Å². The fraction of sp³-hybridized carbons (Fsp3) is 0.500. The third-order valence-electron chi connectivity index (χ3n) is 3.48. The summed E-state index contributed by atoms with van der Waals surface area (Å²) in [5.41, 5.74) is 6.63. The Morgan fingerprint density at radius 1 is 1.45 bits per heavy atom. The van der Waals surface area contributed by atoms with Crippen LogP contribution in [0.25, 0.3) is 0 Å². The second-order valence-electron chi connectivity index (χ2n) is 4.91. The summed E-state index contributed by atoms with van der Waals surface area (Å²) < 4.78 is 1.12. The van der Waals surface area contributed by atoms with Gasteiger partial charge in [0.1, 0.15) is 0 Å². The average molecular weight is 410 g/mol. The smallest absolute Gasteiger partial charge is 0.238 e. The standard InChI is InChI=1S/C14H20IN3O.ClH/c15-11-4-3-5-12(8-11)17-14(19)10-18-7-2-1-6-13(18)9-16;/h3-5,8,13H,1-2,6-7,9-10,16H2,(H,17,19);1H. The molecule has 0 spiro atoms. The molecule has 0 saturated carbocycles. The van der Waals surface area contributed by atoms with Gasteiger partial charge in [0.25, 0.3) is 0 Å². The Bertz CT molecular complexity index is 444. The zero-order valence-electron chi connectivity index (χ0n) is 11.3. The predicted molar refractivity (Wildman–Crippen MR) is 93.3 cm³/mol. The summed E-state index contributed by atoms with van der Waals surface area (Å²) in [7, 11) is 0. The van der Waals surface area contributed by atoms with Crippen molar-refractivity contribution in [1.82, 2.24) is 4.90 Å². The van der Waals surface area contributed by atoms with Crippen molar-refractivity contribution >= 4 is 46.6 Å². The number of benzene rings is 1. The summed E-state index contributed by atoms with van der Waals surface area (Å²) in [4.78, 5) is 14.3. The molecule has 1 amide bonds. The number of nitrogens with one attached hydrogen (secondary N) is 1. The molecule has 1 fully saturated rings. The van der Waals surface area contributed by atoms with Crippen molar-refractivity contribution in [3.8, 4) is 0 Å². The zero-order chi connectivity index (χ0) is 13.7. The molecule has 20 heavy (non-hydrogen) atoms. The minimum Gasteiger partial charge on any atom is -0.329 e. The summed E-state index contributed by atoms with van der Waals surface area (Å²) in [6, 6.07) is 8.19. The molecule has 0 radical (unpaired) electrons. The first-order valence-corrected chi connectivity index (χ1v) is 7.76. The number of hydrogen-bond donors (Lipinski definition) is 2. The molecule has 1 unspecified atom stereocenters. The monoisotopic (exact) mass is 409 g/mol. The molecule has 1 aromatic carbocycles. The van der Waals surface area contributed by atoms with E-state index in [1.165, 1.54) is 6.42 Å². The van der Waals surface area contributed by atoms with Crippen LogP contribution >= 0.6 is 35.0 Å². The van der Waals surface area contributed by atoms with Crippen molar-refractivity contribution < 1.29 is 4.79 Å². The van der Waals surface area contributed by atoms with Crippen LogP contribution in [0.5, 0.6) is 0 Å². The fourth-order valence-corrected chi connectivity index (χ4v) is 3.03. The van der Waals surface area contributed by atoms with E-state index in [1.807, 2.05) is 24.3 Å². The molecule has 0 aliphatic carbocycles. The Labute approximate surface area is 140 Å². The quantitative estimate of drug-likeness (QED) is 0.751. The zero-order valence-corrected chi connectivity index (χ0v) is 14.3. The minimum absolute atomic E-state index is 0. The lowest BCUT2D eigenvalue weighted by molar-refractivity contribution is -0.118. The van der Waals surface area contributed by atoms with E-state index in [0.717, 1.165) is 28.6 Å². The number of rotatable bonds is 4. The van der Waals surface area contributed by atoms with Crippen LogP contribution in [-0.4, -0.2) is 36.5 Å². The Hall–Kier alpha value is -0.370. The average Bonchev–Trinajstić information content (AvgIpc) is 2.39. The number of hydrogen-bond acceptors (Lipinski definition) is 3. The Kier molecular flexibility index (Phi) is 7.79. The number of halogens is 2. The third kappa shape index (κ3) is 5.20. The Morgan fingerprint density at radius 2 is 2.25 bits per heavy atom. The van der Waals surface area contributed by atoms with Gasteiger partial charge in [-0.2, -0.15) is 0 Å². The van der Waals surface area contributed by atoms with Crippen molar-refractivity contribution in [1.29, 1.82) is 0 Å². The summed E-state index contributed by atoms with van der Waals surface area (Å²) in [5, 5.41) is 2.95. The number of anilines is 1. The molecule has 6 heteroatoms. The number of carbonyl (C=O) groups is 1. The van der Waals surface area contributed by atoms with E-state index < -0.39 is 0 Å². The van der Waals surface area contributed by atoms with Gasteiger partial charge in [-0.3, -0.25) is 9.69 Å². The van der Waals surface area contributed by atoms with E-state index in [1.54, 1.807) is 0 Å². The van der Waals surface area contributed by atoms with Gasteiger partial charge in [-0.05, 0) is 60.2 Å². The van der Waals surface area contributed by atoms with Crippen LogP contribution in [0.3, 0.4) is 0 Å². The van der Waals surface area contributed by atoms with E-state index in [-0.39, 0.29) is 18.3 Å². The molecule has 4 nitrogen and oxygen atoms in total. The van der Waals surface area contributed by atoms with Crippen LogP contribution in [0, 0.1) is 3.57 Å². The summed E-state index contributed by atoms with van der Waals surface area (Å²) in [5.74, 6) is 0.0438. The van der Waals surface area contributed by atoms with Crippen LogP contribution in [0.1, 0.15) is 19.3 Å². The maximum Gasteiger partial charge on any atom is 0.238 e. The van der Waals surface area contributed by atoms with Crippen LogP contribution in [0.15, 0.2) is 24.3 Å². The van der Waals surface area contributed by atoms with Gasteiger partial charge in [0.15, 0.2) is 0 Å². The summed E-state index contributed by atoms with van der Waals surface area (Å²) >= 11 is 2.24. The normalized spacial score (nSPS) is 19.2. The highest BCUT2D eigenvalue weighted by Gasteiger charge is 2.22. The fourth-order valence-electron chi connectivity index (χ4n) is 2.49. The highest BCUT2D eigenvalue weighted by molar-refractivity contribution is 14.1. The van der Waals surface area contributed by atoms with E-state index >= 15 is 0 Å². The van der Waals surface area contributed by atoms with Crippen molar-refractivity contribution in [2.45, 2.75) is 25.3 Å². The molecule has 3 N–H and O–H groups in total. The highest BCUT2D eigenvalue weighted by Crippen LogP contribution is 2.16. The molecular formula is C14H21ClIN3O. The van der Waals surface area contributed by atoms with Gasteiger partial charge in [-0.25, -0.2) is 0 Å². The topological polar surface area (TPSA) is 58.4 Å². The van der Waals surface area contributed by atoms with Crippen molar-refractivity contribution in [2.75, 3.05) is 25.0 Å². The lowest BCUT2D eigenvalue weighted by Crippen LogP contribution is -2.47. The molecule has 1 saturated heterocycles. The van der Waals surface area contributed by atoms with E-state index in [4.69, 9.17) is 5.73 Å². The first-order valence-electron chi connectivity index (χ1n) is 6.68. The molecule has 112 valence electrons. The van der Waals surface area contributed by atoms with Crippen molar-refractivity contribution in [2.24, 2.45) is 5.73 Å². The first-order chi connectivity index (χ1) is 9.19. The lowest BCUT2D eigenvalue weighted by atomic mass is 10.0. The molecular weight excluding hydrogens is 389 g/mol. The SMILES string of the molecule is Cl.NCC1CCCCN1CC(=O)Nc1cccc(I)c1. The summed E-state index contributed by atoms with van der Waals surface area (Å²) in [6.45, 7) is 2.05. The van der Waals surface area contributed by atoms with Gasteiger partial charge in [0, 0.05) is 21.8 Å². The number of nitrogens with zero attached hydrogens (tertiary/aromatic N) is 1. The lowest BCUT2D eigenvalue weighted by Gasteiger charge is -2.34. The number of amides is 1. The Morgan fingerprint density at radius 3 is 2.95 bits per heavy atom. The minimum atomic E-state index is 0. The predicted octanol–water partition coefficient (Wildman–Crippen LogP) is 2.46. The first kappa shape index (κ1) is 17.7. The van der Waals surface area contributed by atoms with Gasteiger partial charge in [-0.1, -0.05) is 12.5 Å². The Balaban J connectivity index is 0.00000200. The van der Waals surface area contributed by atoms with E-state index in [2.05, 4.69) is 32.8 Å².